The molecule has 6 atom stereocenters. The first-order valence-electron chi connectivity index (χ1n) is 22.3. The van der Waals surface area contributed by atoms with E-state index in [2.05, 4.69) is 86.8 Å². The van der Waals surface area contributed by atoms with Crippen LogP contribution in [0.15, 0.2) is 72.9 Å². The summed E-state index contributed by atoms with van der Waals surface area (Å²) in [5.74, 6) is -0.502. The highest BCUT2D eigenvalue weighted by molar-refractivity contribution is 7.47. The van der Waals surface area contributed by atoms with Crippen molar-refractivity contribution in [2.75, 3.05) is 19.8 Å². The maximum absolute atomic E-state index is 12.8. The second-order valence-corrected chi connectivity index (χ2v) is 16.6. The fraction of sp³-hybridized carbons (Fsp3) is 0.717. The van der Waals surface area contributed by atoms with Gasteiger partial charge in [0.25, 0.3) is 0 Å². The number of carbonyl (C=O) groups is 1. The Labute approximate surface area is 355 Å². The number of esters is 1. The van der Waals surface area contributed by atoms with Crippen LogP contribution in [0, 0.1) is 0 Å². The van der Waals surface area contributed by atoms with Crippen LogP contribution in [0.5, 0.6) is 0 Å². The number of phosphoric acid groups is 1. The van der Waals surface area contributed by atoms with Crippen molar-refractivity contribution in [3.8, 4) is 0 Å². The van der Waals surface area contributed by atoms with Crippen LogP contribution in [-0.2, 0) is 27.9 Å². The number of aliphatic hydroxyl groups is 5. The molecule has 0 aliphatic heterocycles. The summed E-state index contributed by atoms with van der Waals surface area (Å²) in [4.78, 5) is 23.1. The van der Waals surface area contributed by atoms with Crippen molar-refractivity contribution in [2.24, 2.45) is 0 Å². The molecule has 59 heavy (non-hydrogen) atoms. The first-order valence-corrected chi connectivity index (χ1v) is 23.8. The molecule has 13 heteroatoms. The van der Waals surface area contributed by atoms with E-state index in [4.69, 9.17) is 18.5 Å². The Morgan fingerprint density at radius 3 is 1.53 bits per heavy atom. The summed E-state index contributed by atoms with van der Waals surface area (Å²) < 4.78 is 34.1. The molecule has 1 saturated carbocycles. The van der Waals surface area contributed by atoms with Gasteiger partial charge >= 0.3 is 13.8 Å². The summed E-state index contributed by atoms with van der Waals surface area (Å²) in [6.45, 7) is 4.02. The summed E-state index contributed by atoms with van der Waals surface area (Å²) >= 11 is 0. The van der Waals surface area contributed by atoms with Crippen LogP contribution in [0.25, 0.3) is 0 Å². The van der Waals surface area contributed by atoms with Crippen molar-refractivity contribution in [3.63, 3.8) is 0 Å². The smallest absolute Gasteiger partial charge is 0.457 e. The standard InChI is InChI=1S/C46H79O12P/c1-3-5-7-9-11-13-15-17-19-20-21-22-24-26-28-30-32-34-36-55-37-39(38-56-59(53,54)58-46-44(51)42(49)41(48)43(50)45(46)52)57-40(47)35-33-31-29-27-25-23-18-16-14-12-10-8-6-4-2/h5,7,10-13,16-19,21-22,39,41-46,48-52H,3-4,6,8-9,14-15,20,23-38H2,1-2H3,(H,53,54)/b7-5-,12-10-,13-11-,18-16-,19-17-,22-21-. The van der Waals surface area contributed by atoms with Crippen LogP contribution in [0.3, 0.4) is 0 Å². The van der Waals surface area contributed by atoms with E-state index in [1.807, 2.05) is 0 Å². The molecule has 1 aliphatic carbocycles. The number of aliphatic hydroxyl groups excluding tert-OH is 5. The van der Waals surface area contributed by atoms with Crippen LogP contribution >= 0.6 is 7.82 Å². The van der Waals surface area contributed by atoms with Gasteiger partial charge in [0.15, 0.2) is 0 Å². The normalized spacial score (nSPS) is 23.2. The average molecular weight is 855 g/mol. The van der Waals surface area contributed by atoms with Crippen LogP contribution in [-0.4, -0.2) is 98.9 Å². The van der Waals surface area contributed by atoms with E-state index in [1.165, 1.54) is 12.8 Å². The Bertz CT molecular complexity index is 1250. The molecule has 0 radical (unpaired) electrons. The van der Waals surface area contributed by atoms with E-state index >= 15 is 0 Å². The molecule has 340 valence electrons. The highest BCUT2D eigenvalue weighted by Gasteiger charge is 2.51. The zero-order valence-corrected chi connectivity index (χ0v) is 36.9. The van der Waals surface area contributed by atoms with E-state index < -0.39 is 63.1 Å². The topological polar surface area (TPSA) is 192 Å². The minimum atomic E-state index is -5.03. The molecule has 0 amide bonds. The summed E-state index contributed by atoms with van der Waals surface area (Å²) in [6.07, 6.45) is 34.0. The summed E-state index contributed by atoms with van der Waals surface area (Å²) in [7, 11) is -5.03. The van der Waals surface area contributed by atoms with E-state index in [-0.39, 0.29) is 13.0 Å². The third-order valence-corrected chi connectivity index (χ3v) is 10.8. The quantitative estimate of drug-likeness (QED) is 0.0152. The molecule has 0 aromatic heterocycles. The van der Waals surface area contributed by atoms with Gasteiger partial charge in [-0.2, -0.15) is 0 Å². The number of rotatable bonds is 36. The Morgan fingerprint density at radius 1 is 0.559 bits per heavy atom. The van der Waals surface area contributed by atoms with Gasteiger partial charge in [-0.15, -0.1) is 0 Å². The number of phosphoric ester groups is 1. The van der Waals surface area contributed by atoms with Crippen molar-refractivity contribution in [1.29, 1.82) is 0 Å². The molecule has 0 bridgehead atoms. The molecular weight excluding hydrogens is 775 g/mol. The Balaban J connectivity index is 2.44. The van der Waals surface area contributed by atoms with Gasteiger partial charge in [0, 0.05) is 13.0 Å². The third kappa shape index (κ3) is 28.9. The zero-order valence-electron chi connectivity index (χ0n) is 36.0. The second-order valence-electron chi connectivity index (χ2n) is 15.2. The third-order valence-electron chi connectivity index (χ3n) is 9.81. The fourth-order valence-electron chi connectivity index (χ4n) is 6.24. The minimum absolute atomic E-state index is 0.0993. The van der Waals surface area contributed by atoms with Crippen LogP contribution < -0.4 is 0 Å². The van der Waals surface area contributed by atoms with E-state index in [9.17, 15) is 39.8 Å². The average Bonchev–Trinajstić information content (AvgIpc) is 3.22. The molecule has 0 aromatic carbocycles. The van der Waals surface area contributed by atoms with Crippen molar-refractivity contribution in [1.82, 2.24) is 0 Å². The van der Waals surface area contributed by atoms with Crippen molar-refractivity contribution >= 4 is 13.8 Å². The molecule has 6 unspecified atom stereocenters. The number of carbonyl (C=O) groups excluding carboxylic acids is 1. The number of ether oxygens (including phenoxy) is 2. The highest BCUT2D eigenvalue weighted by Crippen LogP contribution is 2.47. The van der Waals surface area contributed by atoms with Crippen LogP contribution in [0.2, 0.25) is 0 Å². The molecule has 1 fully saturated rings. The Morgan fingerprint density at radius 2 is 1.00 bits per heavy atom. The molecule has 0 spiro atoms. The van der Waals surface area contributed by atoms with Gasteiger partial charge in [0.2, 0.25) is 0 Å². The van der Waals surface area contributed by atoms with Gasteiger partial charge in [-0.05, 0) is 77.0 Å². The van der Waals surface area contributed by atoms with Crippen molar-refractivity contribution in [2.45, 2.75) is 191 Å². The summed E-state index contributed by atoms with van der Waals surface area (Å²) in [6, 6.07) is 0. The lowest BCUT2D eigenvalue weighted by Crippen LogP contribution is -2.64. The lowest BCUT2D eigenvalue weighted by molar-refractivity contribution is -0.220. The lowest BCUT2D eigenvalue weighted by Gasteiger charge is -2.41. The lowest BCUT2D eigenvalue weighted by atomic mass is 9.85. The van der Waals surface area contributed by atoms with Crippen molar-refractivity contribution in [3.05, 3.63) is 72.9 Å². The molecule has 0 heterocycles. The van der Waals surface area contributed by atoms with Crippen molar-refractivity contribution < 1.29 is 58.3 Å². The summed E-state index contributed by atoms with van der Waals surface area (Å²) in [5.41, 5.74) is 0. The van der Waals surface area contributed by atoms with Gasteiger partial charge in [0.1, 0.15) is 42.7 Å². The first-order chi connectivity index (χ1) is 28.5. The number of allylic oxidation sites excluding steroid dienone is 12. The number of unbranched alkanes of at least 4 members (excludes halogenated alkanes) is 12. The Kier molecular flexibility index (Phi) is 33.8. The van der Waals surface area contributed by atoms with Crippen LogP contribution in [0.1, 0.15) is 149 Å². The number of hydrogen-bond donors (Lipinski definition) is 6. The van der Waals surface area contributed by atoms with E-state index in [0.29, 0.717) is 13.0 Å². The molecule has 1 rings (SSSR count). The monoisotopic (exact) mass is 855 g/mol. The number of hydrogen-bond acceptors (Lipinski definition) is 11. The van der Waals surface area contributed by atoms with Gasteiger partial charge in [-0.3, -0.25) is 13.8 Å². The molecule has 12 nitrogen and oxygen atoms in total. The molecule has 0 aromatic rings. The molecule has 1 aliphatic rings. The highest BCUT2D eigenvalue weighted by atomic mass is 31.2. The van der Waals surface area contributed by atoms with E-state index in [0.717, 1.165) is 109 Å². The SMILES string of the molecule is CC/C=C\C/C=C\C/C=C\C/C=C\CCCCCCCOCC(COP(=O)(O)OC1C(O)C(O)C(O)C(O)C1O)OC(=O)CCCCCCC/C=C\C/C=C\CCCC. The predicted octanol–water partition coefficient (Wildman–Crippen LogP) is 8.80. The predicted molar refractivity (Wildman–Crippen MR) is 235 cm³/mol. The molecular formula is C46H79O12P. The maximum Gasteiger partial charge on any atom is 0.472 e. The van der Waals surface area contributed by atoms with Crippen LogP contribution in [0.4, 0.5) is 0 Å². The van der Waals surface area contributed by atoms with Gasteiger partial charge in [-0.25, -0.2) is 4.57 Å². The minimum Gasteiger partial charge on any atom is -0.457 e. The van der Waals surface area contributed by atoms with E-state index in [1.54, 1.807) is 0 Å². The maximum atomic E-state index is 12.8. The first kappa shape index (κ1) is 54.8. The summed E-state index contributed by atoms with van der Waals surface area (Å²) in [5, 5.41) is 50.1. The zero-order chi connectivity index (χ0) is 43.4. The molecule has 0 saturated heterocycles. The fourth-order valence-corrected chi connectivity index (χ4v) is 7.22. The molecule has 6 N–H and O–H groups in total. The largest absolute Gasteiger partial charge is 0.472 e. The van der Waals surface area contributed by atoms with Gasteiger partial charge < -0.3 is 39.9 Å². The van der Waals surface area contributed by atoms with Gasteiger partial charge in [0.05, 0.1) is 13.2 Å². The van der Waals surface area contributed by atoms with Gasteiger partial charge in [-0.1, -0.05) is 138 Å². The Hall–Kier alpha value is -2.22. The second kappa shape index (κ2) is 36.4.